The summed E-state index contributed by atoms with van der Waals surface area (Å²) in [5.74, 6) is 2.30. The largest absolute Gasteiger partial charge is 0.493 e. The first-order valence-corrected chi connectivity index (χ1v) is 8.82. The Morgan fingerprint density at radius 1 is 0.889 bits per heavy atom. The molecule has 0 atom stereocenters. The summed E-state index contributed by atoms with van der Waals surface area (Å²) in [4.78, 5) is 29.0. The second kappa shape index (κ2) is 7.73. The number of piperazine rings is 1. The highest BCUT2D eigenvalue weighted by Crippen LogP contribution is 2.28. The first-order valence-electron chi connectivity index (χ1n) is 8.82. The summed E-state index contributed by atoms with van der Waals surface area (Å²) in [5.41, 5.74) is 1.13. The Labute approximate surface area is 158 Å². The Morgan fingerprint density at radius 3 is 2.00 bits per heavy atom. The van der Waals surface area contributed by atoms with Crippen LogP contribution in [0.5, 0.6) is 11.5 Å². The Hall–Kier alpha value is -2.96. The minimum Gasteiger partial charge on any atom is -0.493 e. The maximum Gasteiger partial charge on any atom is 0.257 e. The third-order valence-electron chi connectivity index (χ3n) is 4.76. The summed E-state index contributed by atoms with van der Waals surface area (Å²) < 4.78 is 15.9. The summed E-state index contributed by atoms with van der Waals surface area (Å²) in [5, 5.41) is 0. The van der Waals surface area contributed by atoms with Gasteiger partial charge in [-0.3, -0.25) is 9.59 Å². The molecule has 7 nitrogen and oxygen atoms in total. The van der Waals surface area contributed by atoms with E-state index in [1.54, 1.807) is 48.1 Å². The molecule has 0 unspecified atom stereocenters. The topological polar surface area (TPSA) is 72.2 Å². The molecular formula is C20H24N2O5. The number of hydrogen-bond donors (Lipinski definition) is 0. The summed E-state index contributed by atoms with van der Waals surface area (Å²) in [6, 6.07) is 6.88. The van der Waals surface area contributed by atoms with Crippen molar-refractivity contribution in [2.24, 2.45) is 0 Å². The molecule has 1 fully saturated rings. The van der Waals surface area contributed by atoms with E-state index in [1.807, 2.05) is 6.92 Å². The lowest BCUT2D eigenvalue weighted by atomic mass is 10.1. The van der Waals surface area contributed by atoms with Crippen molar-refractivity contribution in [1.82, 2.24) is 9.80 Å². The second-order valence-corrected chi connectivity index (χ2v) is 6.48. The van der Waals surface area contributed by atoms with E-state index >= 15 is 0 Å². The smallest absolute Gasteiger partial charge is 0.257 e. The second-order valence-electron chi connectivity index (χ2n) is 6.48. The minimum absolute atomic E-state index is 0.0532. The van der Waals surface area contributed by atoms with Gasteiger partial charge in [0.2, 0.25) is 0 Å². The van der Waals surface area contributed by atoms with Crippen LogP contribution in [0.3, 0.4) is 0 Å². The van der Waals surface area contributed by atoms with E-state index in [9.17, 15) is 9.59 Å². The van der Waals surface area contributed by atoms with Gasteiger partial charge in [0.05, 0.1) is 19.8 Å². The number of rotatable bonds is 4. The number of nitrogens with zero attached hydrogens (tertiary/aromatic N) is 2. The fourth-order valence-electron chi connectivity index (χ4n) is 3.28. The highest BCUT2D eigenvalue weighted by Gasteiger charge is 2.27. The highest BCUT2D eigenvalue weighted by atomic mass is 16.5. The van der Waals surface area contributed by atoms with Crippen molar-refractivity contribution < 1.29 is 23.5 Å². The van der Waals surface area contributed by atoms with Crippen molar-refractivity contribution in [2.45, 2.75) is 13.8 Å². The molecule has 2 aromatic rings. The molecular weight excluding hydrogens is 348 g/mol. The zero-order chi connectivity index (χ0) is 19.6. The minimum atomic E-state index is -0.0848. The Kier molecular flexibility index (Phi) is 5.39. The number of furan rings is 1. The Morgan fingerprint density at radius 2 is 1.48 bits per heavy atom. The third kappa shape index (κ3) is 3.77. The molecule has 2 amide bonds. The van der Waals surface area contributed by atoms with E-state index in [-0.39, 0.29) is 11.8 Å². The van der Waals surface area contributed by atoms with Gasteiger partial charge in [-0.25, -0.2) is 0 Å². The Balaban J connectivity index is 1.66. The summed E-state index contributed by atoms with van der Waals surface area (Å²) in [7, 11) is 3.09. The van der Waals surface area contributed by atoms with E-state index in [1.165, 1.54) is 7.11 Å². The first-order chi connectivity index (χ1) is 12.9. The van der Waals surface area contributed by atoms with Crippen molar-refractivity contribution in [3.05, 3.63) is 46.9 Å². The summed E-state index contributed by atoms with van der Waals surface area (Å²) >= 11 is 0. The van der Waals surface area contributed by atoms with Crippen LogP contribution in [0.1, 0.15) is 32.2 Å². The Bertz CT molecular complexity index is 850. The van der Waals surface area contributed by atoms with Gasteiger partial charge in [-0.1, -0.05) is 0 Å². The average Bonchev–Trinajstić information content (AvgIpc) is 3.04. The van der Waals surface area contributed by atoms with Crippen LogP contribution in [0.25, 0.3) is 0 Å². The molecule has 0 radical (unpaired) electrons. The summed E-state index contributed by atoms with van der Waals surface area (Å²) in [6.07, 6.45) is 0. The van der Waals surface area contributed by atoms with Gasteiger partial charge in [0, 0.05) is 31.7 Å². The van der Waals surface area contributed by atoms with Gasteiger partial charge in [0.15, 0.2) is 11.5 Å². The standard InChI is InChI=1S/C20H24N2O5/c1-13-11-16(14(2)27-13)20(24)22-9-7-21(8-10-22)19(23)15-5-6-17(25-3)18(12-15)26-4/h5-6,11-12H,7-10H2,1-4H3. The number of ether oxygens (including phenoxy) is 2. The molecule has 0 N–H and O–H groups in total. The quantitative estimate of drug-likeness (QED) is 0.825. The molecule has 1 aromatic heterocycles. The highest BCUT2D eigenvalue weighted by molar-refractivity contribution is 5.97. The van der Waals surface area contributed by atoms with Crippen molar-refractivity contribution in [2.75, 3.05) is 40.4 Å². The molecule has 1 aromatic carbocycles. The van der Waals surface area contributed by atoms with Gasteiger partial charge in [0.1, 0.15) is 11.5 Å². The lowest BCUT2D eigenvalue weighted by molar-refractivity contribution is 0.0534. The molecule has 0 spiro atoms. The predicted octanol–water partition coefficient (Wildman–Crippen LogP) is 2.51. The number of benzene rings is 1. The van der Waals surface area contributed by atoms with E-state index in [4.69, 9.17) is 13.9 Å². The van der Waals surface area contributed by atoms with Crippen molar-refractivity contribution in [1.29, 1.82) is 0 Å². The lowest BCUT2D eigenvalue weighted by Crippen LogP contribution is -2.50. The monoisotopic (exact) mass is 372 g/mol. The van der Waals surface area contributed by atoms with Crippen molar-refractivity contribution in [3.8, 4) is 11.5 Å². The van der Waals surface area contributed by atoms with Crippen LogP contribution in [0, 0.1) is 13.8 Å². The molecule has 0 saturated carbocycles. The van der Waals surface area contributed by atoms with E-state index < -0.39 is 0 Å². The van der Waals surface area contributed by atoms with Gasteiger partial charge in [-0.15, -0.1) is 0 Å². The van der Waals surface area contributed by atoms with Crippen LogP contribution in [-0.2, 0) is 0 Å². The van der Waals surface area contributed by atoms with Crippen LogP contribution in [-0.4, -0.2) is 62.0 Å². The van der Waals surface area contributed by atoms with Crippen LogP contribution in [0.2, 0.25) is 0 Å². The van der Waals surface area contributed by atoms with Gasteiger partial charge in [-0.05, 0) is 38.1 Å². The number of hydrogen-bond acceptors (Lipinski definition) is 5. The number of amides is 2. The predicted molar refractivity (Wildman–Crippen MR) is 99.5 cm³/mol. The molecule has 1 saturated heterocycles. The third-order valence-corrected chi connectivity index (χ3v) is 4.76. The van der Waals surface area contributed by atoms with Crippen LogP contribution in [0.4, 0.5) is 0 Å². The summed E-state index contributed by atoms with van der Waals surface area (Å²) in [6.45, 7) is 5.55. The number of carbonyl (C=O) groups excluding carboxylic acids is 2. The lowest BCUT2D eigenvalue weighted by Gasteiger charge is -2.34. The molecule has 144 valence electrons. The molecule has 0 aliphatic carbocycles. The van der Waals surface area contributed by atoms with Gasteiger partial charge >= 0.3 is 0 Å². The fourth-order valence-corrected chi connectivity index (χ4v) is 3.28. The van der Waals surface area contributed by atoms with E-state index in [0.717, 1.165) is 5.76 Å². The molecule has 1 aliphatic heterocycles. The van der Waals surface area contributed by atoms with E-state index in [0.29, 0.717) is 54.6 Å². The average molecular weight is 372 g/mol. The number of aryl methyl sites for hydroxylation is 2. The van der Waals surface area contributed by atoms with Crippen LogP contribution < -0.4 is 9.47 Å². The van der Waals surface area contributed by atoms with Gasteiger partial charge in [0.25, 0.3) is 11.8 Å². The number of carbonyl (C=O) groups is 2. The maximum absolute atomic E-state index is 12.8. The molecule has 2 heterocycles. The van der Waals surface area contributed by atoms with Gasteiger partial charge < -0.3 is 23.7 Å². The zero-order valence-electron chi connectivity index (χ0n) is 16.1. The normalized spacial score (nSPS) is 14.2. The maximum atomic E-state index is 12.8. The van der Waals surface area contributed by atoms with E-state index in [2.05, 4.69) is 0 Å². The zero-order valence-corrected chi connectivity index (χ0v) is 16.1. The molecule has 0 bridgehead atoms. The molecule has 3 rings (SSSR count). The van der Waals surface area contributed by atoms with Crippen molar-refractivity contribution >= 4 is 11.8 Å². The molecule has 27 heavy (non-hydrogen) atoms. The van der Waals surface area contributed by atoms with Crippen molar-refractivity contribution in [3.63, 3.8) is 0 Å². The molecule has 1 aliphatic rings. The molecule has 7 heteroatoms. The fraction of sp³-hybridized carbons (Fsp3) is 0.400. The first kappa shape index (κ1) is 18.8. The van der Waals surface area contributed by atoms with Crippen LogP contribution in [0.15, 0.2) is 28.7 Å². The van der Waals surface area contributed by atoms with Crippen LogP contribution >= 0.6 is 0 Å². The number of methoxy groups -OCH3 is 2. The van der Waals surface area contributed by atoms with Gasteiger partial charge in [-0.2, -0.15) is 0 Å². The SMILES string of the molecule is COc1ccc(C(=O)N2CCN(C(=O)c3cc(C)oc3C)CC2)cc1OC.